The number of esters is 1. The van der Waals surface area contributed by atoms with Gasteiger partial charge in [-0.2, -0.15) is 5.10 Å². The quantitative estimate of drug-likeness (QED) is 0.601. The second-order valence-corrected chi connectivity index (χ2v) is 7.95. The van der Waals surface area contributed by atoms with E-state index in [1.165, 1.54) is 5.56 Å². The van der Waals surface area contributed by atoms with Crippen molar-refractivity contribution < 1.29 is 24.2 Å². The van der Waals surface area contributed by atoms with Crippen LogP contribution in [0.1, 0.15) is 47.7 Å². The van der Waals surface area contributed by atoms with Crippen molar-refractivity contribution in [2.75, 3.05) is 32.8 Å². The van der Waals surface area contributed by atoms with Gasteiger partial charge in [0.15, 0.2) is 5.69 Å². The maximum absolute atomic E-state index is 12.7. The lowest BCUT2D eigenvalue weighted by Gasteiger charge is -2.43. The van der Waals surface area contributed by atoms with Crippen molar-refractivity contribution >= 4 is 23.3 Å². The molecule has 4 aliphatic heterocycles. The lowest BCUT2D eigenvalue weighted by atomic mass is 9.86. The highest BCUT2D eigenvalue weighted by molar-refractivity contribution is 6.02. The molecule has 5 heterocycles. The molecule has 1 aromatic heterocycles. The minimum absolute atomic E-state index is 0.0123. The molecule has 0 radical (unpaired) electrons. The predicted octanol–water partition coefficient (Wildman–Crippen LogP) is 2.41. The van der Waals surface area contributed by atoms with E-state index in [1.54, 1.807) is 0 Å². The predicted molar refractivity (Wildman–Crippen MR) is 106 cm³/mol. The number of fused-ring (bicyclic) bond motifs is 4. The molecule has 1 aromatic carbocycles. The smallest absolute Gasteiger partial charge is 0.359 e. The molecule has 4 aliphatic rings. The summed E-state index contributed by atoms with van der Waals surface area (Å²) in [5, 5.41) is 15.0. The van der Waals surface area contributed by atoms with Gasteiger partial charge in [0.05, 0.1) is 5.52 Å². The van der Waals surface area contributed by atoms with Gasteiger partial charge in [-0.05, 0) is 62.2 Å². The molecule has 2 bridgehead atoms. The number of piperidine rings is 3. The van der Waals surface area contributed by atoms with Gasteiger partial charge in [-0.3, -0.25) is 14.8 Å². The van der Waals surface area contributed by atoms with E-state index in [-0.39, 0.29) is 18.5 Å². The first kappa shape index (κ1) is 19.8. The van der Waals surface area contributed by atoms with Gasteiger partial charge in [-0.1, -0.05) is 12.1 Å². The number of nitrogens with one attached hydrogen (secondary N) is 1. The number of carboxylic acid groups (broad SMARTS) is 1. The van der Waals surface area contributed by atoms with E-state index in [9.17, 15) is 4.79 Å². The van der Waals surface area contributed by atoms with Crippen LogP contribution in [0.25, 0.3) is 10.9 Å². The van der Waals surface area contributed by atoms with Crippen LogP contribution in [0, 0.1) is 5.92 Å². The number of carbonyl (C=O) groups is 2. The van der Waals surface area contributed by atoms with Crippen LogP contribution >= 0.6 is 0 Å². The molecule has 156 valence electrons. The number of hydrogen-bond donors (Lipinski definition) is 2. The monoisotopic (exact) mass is 401 g/mol. The van der Waals surface area contributed by atoms with Crippen molar-refractivity contribution in [3.8, 4) is 0 Å². The SMILES string of the molecule is O=C(O[C@@H]1CN2CCC1CC2)c1n[nH]c2cc(C3CCOCC3)ccc12.O=CO. The summed E-state index contributed by atoms with van der Waals surface area (Å²) in [5.74, 6) is 0.738. The number of ether oxygens (including phenoxy) is 2. The normalized spacial score (nSPS) is 26.6. The van der Waals surface area contributed by atoms with Crippen molar-refractivity contribution in [3.63, 3.8) is 0 Å². The highest BCUT2D eigenvalue weighted by Crippen LogP contribution is 2.32. The number of aromatic amines is 1. The lowest BCUT2D eigenvalue weighted by Crippen LogP contribution is -2.51. The highest BCUT2D eigenvalue weighted by atomic mass is 16.5. The first-order chi connectivity index (χ1) is 14.2. The van der Waals surface area contributed by atoms with Crippen LogP contribution < -0.4 is 0 Å². The summed E-state index contributed by atoms with van der Waals surface area (Å²) in [6, 6.07) is 6.26. The fourth-order valence-corrected chi connectivity index (χ4v) is 4.72. The fraction of sp³-hybridized carbons (Fsp3) is 0.571. The number of nitrogens with zero attached hydrogens (tertiary/aromatic N) is 2. The minimum Gasteiger partial charge on any atom is -0.483 e. The zero-order valence-electron chi connectivity index (χ0n) is 16.4. The molecule has 8 nitrogen and oxygen atoms in total. The Morgan fingerprint density at radius 3 is 2.62 bits per heavy atom. The lowest BCUT2D eigenvalue weighted by molar-refractivity contribution is -0.122. The average Bonchev–Trinajstić information content (AvgIpc) is 3.19. The standard InChI is InChI=1S/C20H25N3O3.CH2O2/c24-20(26-18-12-23-7-3-14(18)4-8-23)19-16-2-1-15(11-17(16)21-22-19)13-5-9-25-10-6-13;2-1-3/h1-2,11,13-14,18H,3-10,12H2,(H,21,22);1H,(H,2,3)/t18-;/m1./s1. The molecule has 0 amide bonds. The van der Waals surface area contributed by atoms with Gasteiger partial charge >= 0.3 is 5.97 Å². The van der Waals surface area contributed by atoms with E-state index in [4.69, 9.17) is 19.4 Å². The number of hydrogen-bond acceptors (Lipinski definition) is 6. The van der Waals surface area contributed by atoms with Crippen LogP contribution in [-0.4, -0.2) is 71.6 Å². The molecule has 0 aliphatic carbocycles. The largest absolute Gasteiger partial charge is 0.483 e. The van der Waals surface area contributed by atoms with E-state index in [1.807, 2.05) is 6.07 Å². The molecule has 2 aromatic rings. The Labute approximate surface area is 169 Å². The molecule has 29 heavy (non-hydrogen) atoms. The van der Waals surface area contributed by atoms with Crippen LogP contribution in [-0.2, 0) is 14.3 Å². The third-order valence-corrected chi connectivity index (χ3v) is 6.33. The molecule has 1 atom stereocenters. The van der Waals surface area contributed by atoms with Crippen molar-refractivity contribution in [2.45, 2.75) is 37.7 Å². The van der Waals surface area contributed by atoms with Crippen LogP contribution in [0.4, 0.5) is 0 Å². The summed E-state index contributed by atoms with van der Waals surface area (Å²) in [7, 11) is 0. The highest BCUT2D eigenvalue weighted by Gasteiger charge is 2.37. The van der Waals surface area contributed by atoms with E-state index >= 15 is 0 Å². The van der Waals surface area contributed by atoms with Gasteiger partial charge in [-0.25, -0.2) is 4.79 Å². The molecular formula is C21H27N3O5. The van der Waals surface area contributed by atoms with Gasteiger partial charge in [0.2, 0.25) is 0 Å². The number of rotatable bonds is 3. The molecule has 0 spiro atoms. The summed E-state index contributed by atoms with van der Waals surface area (Å²) in [6.07, 6.45) is 4.38. The Morgan fingerprint density at radius 1 is 1.24 bits per heavy atom. The number of aromatic nitrogens is 2. The number of H-pyrrole nitrogens is 1. The fourth-order valence-electron chi connectivity index (χ4n) is 4.72. The van der Waals surface area contributed by atoms with Crippen LogP contribution in [0.5, 0.6) is 0 Å². The Bertz CT molecular complexity index is 853. The molecule has 4 saturated heterocycles. The topological polar surface area (TPSA) is 105 Å². The Balaban J connectivity index is 0.000000645. The molecular weight excluding hydrogens is 374 g/mol. The summed E-state index contributed by atoms with van der Waals surface area (Å²) < 4.78 is 11.3. The second-order valence-electron chi connectivity index (χ2n) is 7.95. The Morgan fingerprint density at radius 2 is 1.97 bits per heavy atom. The molecule has 8 heteroatoms. The average molecular weight is 401 g/mol. The van der Waals surface area contributed by atoms with Gasteiger partial charge in [0.25, 0.3) is 6.47 Å². The number of carbonyl (C=O) groups excluding carboxylic acids is 1. The van der Waals surface area contributed by atoms with Crippen molar-refractivity contribution in [1.29, 1.82) is 0 Å². The van der Waals surface area contributed by atoms with Gasteiger partial charge in [0.1, 0.15) is 6.10 Å². The molecule has 0 saturated carbocycles. The Hall–Kier alpha value is -2.45. The van der Waals surface area contributed by atoms with E-state index in [0.717, 1.165) is 69.4 Å². The first-order valence-electron chi connectivity index (χ1n) is 10.3. The molecule has 0 unspecified atom stereocenters. The second kappa shape index (κ2) is 8.92. The van der Waals surface area contributed by atoms with Crippen LogP contribution in [0.2, 0.25) is 0 Å². The molecule has 6 rings (SSSR count). The van der Waals surface area contributed by atoms with E-state index < -0.39 is 0 Å². The van der Waals surface area contributed by atoms with Gasteiger partial charge in [0, 0.05) is 25.1 Å². The third kappa shape index (κ3) is 4.28. The van der Waals surface area contributed by atoms with E-state index in [2.05, 4.69) is 27.2 Å². The Kier molecular flexibility index (Phi) is 6.10. The van der Waals surface area contributed by atoms with Crippen LogP contribution in [0.3, 0.4) is 0 Å². The summed E-state index contributed by atoms with van der Waals surface area (Å²) >= 11 is 0. The minimum atomic E-state index is -0.297. The summed E-state index contributed by atoms with van der Waals surface area (Å²) in [6.45, 7) is 4.54. The van der Waals surface area contributed by atoms with E-state index in [0.29, 0.717) is 17.5 Å². The summed E-state index contributed by atoms with van der Waals surface area (Å²) in [4.78, 5) is 23.5. The van der Waals surface area contributed by atoms with Gasteiger partial charge in [-0.15, -0.1) is 0 Å². The van der Waals surface area contributed by atoms with Crippen molar-refractivity contribution in [3.05, 3.63) is 29.5 Å². The molecule has 4 fully saturated rings. The maximum atomic E-state index is 12.7. The van der Waals surface area contributed by atoms with Crippen molar-refractivity contribution in [1.82, 2.24) is 15.1 Å². The zero-order chi connectivity index (χ0) is 20.2. The van der Waals surface area contributed by atoms with Gasteiger partial charge < -0.3 is 14.6 Å². The summed E-state index contributed by atoms with van der Waals surface area (Å²) in [5.41, 5.74) is 2.62. The maximum Gasteiger partial charge on any atom is 0.359 e. The first-order valence-corrected chi connectivity index (χ1v) is 10.3. The van der Waals surface area contributed by atoms with Crippen LogP contribution in [0.15, 0.2) is 18.2 Å². The third-order valence-electron chi connectivity index (χ3n) is 6.33. The number of benzene rings is 1. The molecule has 2 N–H and O–H groups in total. The van der Waals surface area contributed by atoms with Crippen molar-refractivity contribution in [2.24, 2.45) is 5.92 Å². The zero-order valence-corrected chi connectivity index (χ0v) is 16.4.